The number of carbonyl (C=O) groups excluding carboxylic acids is 1. The summed E-state index contributed by atoms with van der Waals surface area (Å²) in [6, 6.07) is 13.0. The van der Waals surface area contributed by atoms with Crippen molar-refractivity contribution < 1.29 is 4.79 Å². The fraction of sp³-hybridized carbons (Fsp3) is 0.250. The van der Waals surface area contributed by atoms with E-state index in [1.165, 1.54) is 6.42 Å². The Hall–Kier alpha value is -3.35. The number of pyridine rings is 1. The Morgan fingerprint density at radius 3 is 2.63 bits per heavy atom. The summed E-state index contributed by atoms with van der Waals surface area (Å²) in [5, 5.41) is 11.7. The first kappa shape index (κ1) is 17.1. The average Bonchev–Trinajstić information content (AvgIpc) is 2.68. The van der Waals surface area contributed by atoms with Crippen LogP contribution >= 0.6 is 0 Å². The van der Waals surface area contributed by atoms with Gasteiger partial charge in [0.2, 0.25) is 11.9 Å². The van der Waals surface area contributed by atoms with Crippen LogP contribution in [0.2, 0.25) is 0 Å². The zero-order valence-corrected chi connectivity index (χ0v) is 14.8. The second kappa shape index (κ2) is 7.11. The second-order valence-electron chi connectivity index (χ2n) is 6.81. The zero-order valence-electron chi connectivity index (χ0n) is 14.8. The maximum absolute atomic E-state index is 11.3. The monoisotopic (exact) mass is 360 g/mol. The number of nitrogens with two attached hydrogens (primary N) is 1. The van der Waals surface area contributed by atoms with E-state index in [0.717, 1.165) is 30.6 Å². The van der Waals surface area contributed by atoms with Crippen molar-refractivity contribution in [3.05, 3.63) is 66.1 Å². The summed E-state index contributed by atoms with van der Waals surface area (Å²) in [5.74, 6) is 0.00313. The maximum atomic E-state index is 11.3. The zero-order chi connectivity index (χ0) is 18.7. The highest BCUT2D eigenvalue weighted by atomic mass is 16.1. The minimum Gasteiger partial charge on any atom is -0.366 e. The number of carbonyl (C=O) groups is 1. The Bertz CT molecular complexity index is 938. The van der Waals surface area contributed by atoms with Crippen molar-refractivity contribution in [2.75, 3.05) is 11.9 Å². The number of anilines is 1. The van der Waals surface area contributed by atoms with E-state index < -0.39 is 5.91 Å². The number of primary amides is 1. The molecule has 3 aromatic rings. The predicted molar refractivity (Wildman–Crippen MR) is 102 cm³/mol. The molecule has 1 aliphatic rings. The summed E-state index contributed by atoms with van der Waals surface area (Å²) < 4.78 is 0. The SMILES string of the molecule is NC(=O)c1cccc(-c2cnc(NCC3(c4ccccn4)CCC3)nn2)c1. The molecule has 0 unspecified atom stereocenters. The van der Waals surface area contributed by atoms with E-state index in [4.69, 9.17) is 5.73 Å². The van der Waals surface area contributed by atoms with Crippen LogP contribution in [0.25, 0.3) is 11.3 Å². The largest absolute Gasteiger partial charge is 0.366 e. The van der Waals surface area contributed by atoms with Crippen molar-refractivity contribution in [2.45, 2.75) is 24.7 Å². The van der Waals surface area contributed by atoms with E-state index in [2.05, 4.69) is 31.5 Å². The van der Waals surface area contributed by atoms with Crippen LogP contribution in [0.15, 0.2) is 54.9 Å². The van der Waals surface area contributed by atoms with Gasteiger partial charge in [0.25, 0.3) is 0 Å². The molecule has 4 rings (SSSR count). The molecule has 136 valence electrons. The first-order valence-corrected chi connectivity index (χ1v) is 8.92. The standard InChI is InChI=1S/C20H20N6O/c21-18(27)15-6-3-5-14(11-15)16-12-23-19(26-25-16)24-13-20(8-4-9-20)17-7-1-2-10-22-17/h1-3,5-7,10-12H,4,8-9,13H2,(H2,21,27)(H,23,24,26). The molecule has 0 spiro atoms. The third-order valence-electron chi connectivity index (χ3n) is 5.11. The number of benzene rings is 1. The molecule has 2 aromatic heterocycles. The minimum absolute atomic E-state index is 0.0408. The maximum Gasteiger partial charge on any atom is 0.248 e. The van der Waals surface area contributed by atoms with Gasteiger partial charge in [-0.3, -0.25) is 9.78 Å². The van der Waals surface area contributed by atoms with Crippen LogP contribution in [0.5, 0.6) is 0 Å². The molecule has 0 radical (unpaired) electrons. The van der Waals surface area contributed by atoms with Gasteiger partial charge in [0.15, 0.2) is 0 Å². The van der Waals surface area contributed by atoms with E-state index in [9.17, 15) is 4.79 Å². The molecule has 27 heavy (non-hydrogen) atoms. The first-order chi connectivity index (χ1) is 13.2. The molecule has 3 N–H and O–H groups in total. The van der Waals surface area contributed by atoms with Gasteiger partial charge in [0, 0.05) is 35.0 Å². The van der Waals surface area contributed by atoms with Crippen molar-refractivity contribution >= 4 is 11.9 Å². The molecular weight excluding hydrogens is 340 g/mol. The Balaban J connectivity index is 1.47. The molecule has 1 fully saturated rings. The summed E-state index contributed by atoms with van der Waals surface area (Å²) >= 11 is 0. The normalized spacial score (nSPS) is 15.0. The highest BCUT2D eigenvalue weighted by Gasteiger charge is 2.39. The number of rotatable bonds is 6. The summed E-state index contributed by atoms with van der Waals surface area (Å²) in [7, 11) is 0. The second-order valence-corrected chi connectivity index (χ2v) is 6.81. The van der Waals surface area contributed by atoms with Crippen LogP contribution in [-0.2, 0) is 5.41 Å². The Morgan fingerprint density at radius 1 is 1.11 bits per heavy atom. The van der Waals surface area contributed by atoms with Crippen molar-refractivity contribution in [3.63, 3.8) is 0 Å². The van der Waals surface area contributed by atoms with Crippen molar-refractivity contribution in [1.29, 1.82) is 0 Å². The van der Waals surface area contributed by atoms with Crippen molar-refractivity contribution in [3.8, 4) is 11.3 Å². The molecule has 0 saturated heterocycles. The lowest BCUT2D eigenvalue weighted by Gasteiger charge is -2.41. The van der Waals surface area contributed by atoms with Crippen LogP contribution in [0.4, 0.5) is 5.95 Å². The molecule has 2 heterocycles. The number of amides is 1. The fourth-order valence-electron chi connectivity index (χ4n) is 3.37. The lowest BCUT2D eigenvalue weighted by molar-refractivity contribution is 0.100. The van der Waals surface area contributed by atoms with Crippen LogP contribution in [0, 0.1) is 0 Å². The molecule has 1 amide bonds. The van der Waals surface area contributed by atoms with Gasteiger partial charge in [0.05, 0.1) is 6.20 Å². The van der Waals surface area contributed by atoms with Gasteiger partial charge in [0.1, 0.15) is 5.69 Å². The fourth-order valence-corrected chi connectivity index (χ4v) is 3.37. The molecular formula is C20H20N6O. The molecule has 1 saturated carbocycles. The van der Waals surface area contributed by atoms with Gasteiger partial charge in [-0.05, 0) is 37.1 Å². The molecule has 1 aliphatic carbocycles. The molecule has 1 aromatic carbocycles. The number of aromatic nitrogens is 4. The highest BCUT2D eigenvalue weighted by Crippen LogP contribution is 2.42. The highest BCUT2D eigenvalue weighted by molar-refractivity contribution is 5.93. The third kappa shape index (κ3) is 3.48. The Morgan fingerprint density at radius 2 is 2.00 bits per heavy atom. The summed E-state index contributed by atoms with van der Waals surface area (Å²) in [4.78, 5) is 20.2. The van der Waals surface area contributed by atoms with Gasteiger partial charge >= 0.3 is 0 Å². The van der Waals surface area contributed by atoms with E-state index >= 15 is 0 Å². The van der Waals surface area contributed by atoms with Gasteiger partial charge in [-0.2, -0.15) is 0 Å². The molecule has 7 nitrogen and oxygen atoms in total. The Labute approximate surface area is 157 Å². The van der Waals surface area contributed by atoms with Crippen LogP contribution in [-0.4, -0.2) is 32.6 Å². The minimum atomic E-state index is -0.476. The van der Waals surface area contributed by atoms with Crippen LogP contribution in [0.3, 0.4) is 0 Å². The Kier molecular flexibility index (Phi) is 4.50. The number of nitrogens with zero attached hydrogens (tertiary/aromatic N) is 4. The summed E-state index contributed by atoms with van der Waals surface area (Å²) in [6.07, 6.45) is 6.88. The van der Waals surface area contributed by atoms with Crippen LogP contribution < -0.4 is 11.1 Å². The van der Waals surface area contributed by atoms with E-state index in [-0.39, 0.29) is 5.41 Å². The number of hydrogen-bond donors (Lipinski definition) is 2. The van der Waals surface area contributed by atoms with Gasteiger partial charge in [-0.25, -0.2) is 4.98 Å². The van der Waals surface area contributed by atoms with Gasteiger partial charge in [-0.1, -0.05) is 24.6 Å². The molecule has 0 atom stereocenters. The first-order valence-electron chi connectivity index (χ1n) is 8.92. The van der Waals surface area contributed by atoms with E-state index in [0.29, 0.717) is 17.2 Å². The summed E-state index contributed by atoms with van der Waals surface area (Å²) in [5.41, 5.74) is 8.25. The quantitative estimate of drug-likeness (QED) is 0.700. The average molecular weight is 360 g/mol. The molecule has 0 aliphatic heterocycles. The van der Waals surface area contributed by atoms with E-state index in [1.807, 2.05) is 24.4 Å². The topological polar surface area (TPSA) is 107 Å². The molecule has 0 bridgehead atoms. The number of hydrogen-bond acceptors (Lipinski definition) is 6. The van der Waals surface area contributed by atoms with Gasteiger partial charge < -0.3 is 11.1 Å². The lowest BCUT2D eigenvalue weighted by Crippen LogP contribution is -2.41. The lowest BCUT2D eigenvalue weighted by atomic mass is 9.66. The van der Waals surface area contributed by atoms with Gasteiger partial charge in [-0.15, -0.1) is 10.2 Å². The summed E-state index contributed by atoms with van der Waals surface area (Å²) in [6.45, 7) is 0.724. The third-order valence-corrected chi connectivity index (χ3v) is 5.11. The molecule has 7 heteroatoms. The van der Waals surface area contributed by atoms with Crippen molar-refractivity contribution in [1.82, 2.24) is 20.2 Å². The predicted octanol–water partition coefficient (Wildman–Crippen LogP) is 2.57. The number of nitrogens with one attached hydrogen (secondary N) is 1. The smallest absolute Gasteiger partial charge is 0.248 e. The van der Waals surface area contributed by atoms with Crippen molar-refractivity contribution in [2.24, 2.45) is 5.73 Å². The van der Waals surface area contributed by atoms with E-state index in [1.54, 1.807) is 24.4 Å². The van der Waals surface area contributed by atoms with Crippen LogP contribution in [0.1, 0.15) is 35.3 Å².